The lowest BCUT2D eigenvalue weighted by Crippen LogP contribution is -2.07. The molecule has 0 fully saturated rings. The second kappa shape index (κ2) is 5.77. The van der Waals surface area contributed by atoms with E-state index < -0.39 is 0 Å². The van der Waals surface area contributed by atoms with Crippen LogP contribution in [0.25, 0.3) is 0 Å². The highest BCUT2D eigenvalue weighted by Crippen LogP contribution is 1.93. The second-order valence-electron chi connectivity index (χ2n) is 2.56. The first-order chi connectivity index (χ1) is 5.16. The van der Waals surface area contributed by atoms with Gasteiger partial charge in [-0.3, -0.25) is 0 Å². The number of ether oxygens (including phenoxy) is 2. The Morgan fingerprint density at radius 1 is 1.55 bits per heavy atom. The number of carbonyl (C=O) groups is 1. The van der Waals surface area contributed by atoms with Crippen molar-refractivity contribution in [1.29, 1.82) is 0 Å². The molecule has 0 aromatic carbocycles. The van der Waals surface area contributed by atoms with Crippen LogP contribution in [0.4, 0.5) is 0 Å². The van der Waals surface area contributed by atoms with E-state index in [1.54, 1.807) is 0 Å². The summed E-state index contributed by atoms with van der Waals surface area (Å²) in [6.07, 6.45) is 2.55. The van der Waals surface area contributed by atoms with Crippen LogP contribution in [0, 0.1) is 5.92 Å². The quantitative estimate of drug-likeness (QED) is 0.352. The van der Waals surface area contributed by atoms with Gasteiger partial charge in [0.1, 0.15) is 0 Å². The lowest BCUT2D eigenvalue weighted by Gasteiger charge is -2.03. The number of hydrogen-bond donors (Lipinski definition) is 0. The smallest absolute Gasteiger partial charge is 0.333 e. The average molecular weight is 158 g/mol. The molecule has 0 bridgehead atoms. The summed E-state index contributed by atoms with van der Waals surface area (Å²) >= 11 is 0. The van der Waals surface area contributed by atoms with Crippen molar-refractivity contribution in [2.45, 2.75) is 13.8 Å². The molecule has 0 unspecified atom stereocenters. The highest BCUT2D eigenvalue weighted by Gasteiger charge is 1.98. The number of rotatable bonds is 4. The molecule has 0 heterocycles. The van der Waals surface area contributed by atoms with Crippen molar-refractivity contribution in [3.63, 3.8) is 0 Å². The van der Waals surface area contributed by atoms with E-state index in [1.807, 2.05) is 13.8 Å². The predicted molar refractivity (Wildman–Crippen MR) is 41.9 cm³/mol. The summed E-state index contributed by atoms with van der Waals surface area (Å²) in [5.74, 6) is 0.00967. The van der Waals surface area contributed by atoms with Crippen molar-refractivity contribution in [3.8, 4) is 0 Å². The van der Waals surface area contributed by atoms with Crippen LogP contribution >= 0.6 is 0 Å². The van der Waals surface area contributed by atoms with E-state index in [2.05, 4.69) is 4.74 Å². The highest BCUT2D eigenvalue weighted by molar-refractivity contribution is 5.81. The fourth-order valence-corrected chi connectivity index (χ4v) is 0.421. The normalized spacial score (nSPS) is 10.5. The summed E-state index contributed by atoms with van der Waals surface area (Å²) < 4.78 is 9.34. The van der Waals surface area contributed by atoms with Crippen molar-refractivity contribution in [3.05, 3.63) is 12.3 Å². The van der Waals surface area contributed by atoms with Gasteiger partial charge >= 0.3 is 5.97 Å². The van der Waals surface area contributed by atoms with Crippen molar-refractivity contribution in [2.24, 2.45) is 5.92 Å². The van der Waals surface area contributed by atoms with Gasteiger partial charge in [0, 0.05) is 0 Å². The maximum atomic E-state index is 10.7. The van der Waals surface area contributed by atoms with Gasteiger partial charge in [0.05, 0.1) is 26.1 Å². The SMILES string of the molecule is COC=CC(=O)OCC(C)C. The Balaban J connectivity index is 3.45. The molecule has 11 heavy (non-hydrogen) atoms. The summed E-state index contributed by atoms with van der Waals surface area (Å²) in [6, 6.07) is 0. The van der Waals surface area contributed by atoms with Gasteiger partial charge in [-0.25, -0.2) is 4.79 Å². The summed E-state index contributed by atoms with van der Waals surface area (Å²) in [5.41, 5.74) is 0. The first-order valence-electron chi connectivity index (χ1n) is 3.53. The Hall–Kier alpha value is -0.990. The zero-order valence-electron chi connectivity index (χ0n) is 7.16. The third-order valence-corrected chi connectivity index (χ3v) is 0.899. The molecule has 0 N–H and O–H groups in total. The largest absolute Gasteiger partial charge is 0.504 e. The zero-order valence-corrected chi connectivity index (χ0v) is 7.16. The van der Waals surface area contributed by atoms with Crippen molar-refractivity contribution < 1.29 is 14.3 Å². The Bertz CT molecular complexity index is 138. The van der Waals surface area contributed by atoms with Gasteiger partial charge in [-0.1, -0.05) is 13.8 Å². The predicted octanol–water partition coefficient (Wildman–Crippen LogP) is 1.35. The molecule has 0 radical (unpaired) electrons. The Labute approximate surface area is 67.0 Å². The summed E-state index contributed by atoms with van der Waals surface area (Å²) in [6.45, 7) is 4.41. The summed E-state index contributed by atoms with van der Waals surface area (Å²) in [7, 11) is 1.48. The molecule has 0 aromatic rings. The Kier molecular flexibility index (Phi) is 5.25. The van der Waals surface area contributed by atoms with Gasteiger partial charge in [0.15, 0.2) is 0 Å². The average Bonchev–Trinajstić information content (AvgIpc) is 1.97. The third-order valence-electron chi connectivity index (χ3n) is 0.899. The van der Waals surface area contributed by atoms with Crippen molar-refractivity contribution in [1.82, 2.24) is 0 Å². The van der Waals surface area contributed by atoms with E-state index in [0.717, 1.165) is 0 Å². The minimum absolute atomic E-state index is 0.361. The van der Waals surface area contributed by atoms with Crippen molar-refractivity contribution >= 4 is 5.97 Å². The number of esters is 1. The van der Waals surface area contributed by atoms with Crippen LogP contribution in [0.5, 0.6) is 0 Å². The molecule has 3 heteroatoms. The highest BCUT2D eigenvalue weighted by atomic mass is 16.5. The maximum Gasteiger partial charge on any atom is 0.333 e. The fourth-order valence-electron chi connectivity index (χ4n) is 0.421. The fraction of sp³-hybridized carbons (Fsp3) is 0.625. The molecule has 0 aliphatic carbocycles. The van der Waals surface area contributed by atoms with Gasteiger partial charge in [0.25, 0.3) is 0 Å². The maximum absolute atomic E-state index is 10.7. The van der Waals surface area contributed by atoms with Crippen molar-refractivity contribution in [2.75, 3.05) is 13.7 Å². The number of carbonyl (C=O) groups excluding carboxylic acids is 1. The lowest BCUT2D eigenvalue weighted by molar-refractivity contribution is -0.138. The summed E-state index contributed by atoms with van der Waals surface area (Å²) in [4.78, 5) is 10.7. The van der Waals surface area contributed by atoms with Crippen LogP contribution in [-0.4, -0.2) is 19.7 Å². The molecule has 0 saturated carbocycles. The molecule has 3 nitrogen and oxygen atoms in total. The summed E-state index contributed by atoms with van der Waals surface area (Å²) in [5, 5.41) is 0. The molecule has 0 atom stereocenters. The Morgan fingerprint density at radius 3 is 2.64 bits per heavy atom. The zero-order chi connectivity index (χ0) is 8.69. The van der Waals surface area contributed by atoms with E-state index in [4.69, 9.17) is 4.74 Å². The van der Waals surface area contributed by atoms with E-state index in [0.29, 0.717) is 12.5 Å². The van der Waals surface area contributed by atoms with E-state index in [9.17, 15) is 4.79 Å². The van der Waals surface area contributed by atoms with Crippen LogP contribution in [0.2, 0.25) is 0 Å². The first-order valence-corrected chi connectivity index (χ1v) is 3.53. The van der Waals surface area contributed by atoms with Gasteiger partial charge < -0.3 is 9.47 Å². The second-order valence-corrected chi connectivity index (χ2v) is 2.56. The molecule has 0 aliphatic rings. The molecule has 0 saturated heterocycles. The Morgan fingerprint density at radius 2 is 2.18 bits per heavy atom. The minimum atomic E-state index is -0.361. The van der Waals surface area contributed by atoms with Crippen LogP contribution in [0.15, 0.2) is 12.3 Å². The molecule has 0 spiro atoms. The first kappa shape index (κ1) is 10.0. The van der Waals surface area contributed by atoms with Crippen LogP contribution in [-0.2, 0) is 14.3 Å². The van der Waals surface area contributed by atoms with Gasteiger partial charge in [-0.15, -0.1) is 0 Å². The molecule has 0 amide bonds. The monoisotopic (exact) mass is 158 g/mol. The molecule has 0 aromatic heterocycles. The molecular weight excluding hydrogens is 144 g/mol. The molecule has 0 aliphatic heterocycles. The van der Waals surface area contributed by atoms with Gasteiger partial charge in [-0.05, 0) is 5.92 Å². The van der Waals surface area contributed by atoms with Crippen LogP contribution < -0.4 is 0 Å². The van der Waals surface area contributed by atoms with E-state index >= 15 is 0 Å². The van der Waals surface area contributed by atoms with Crippen LogP contribution in [0.1, 0.15) is 13.8 Å². The van der Waals surface area contributed by atoms with E-state index in [1.165, 1.54) is 19.4 Å². The van der Waals surface area contributed by atoms with E-state index in [-0.39, 0.29) is 5.97 Å². The number of methoxy groups -OCH3 is 1. The molecular formula is C8H14O3. The number of hydrogen-bond acceptors (Lipinski definition) is 3. The van der Waals surface area contributed by atoms with Gasteiger partial charge in [-0.2, -0.15) is 0 Å². The van der Waals surface area contributed by atoms with Gasteiger partial charge in [0.2, 0.25) is 0 Å². The van der Waals surface area contributed by atoms with Crippen LogP contribution in [0.3, 0.4) is 0 Å². The molecule has 64 valence electrons. The topological polar surface area (TPSA) is 35.5 Å². The minimum Gasteiger partial charge on any atom is -0.504 e. The third kappa shape index (κ3) is 6.90. The molecule has 0 rings (SSSR count). The lowest BCUT2D eigenvalue weighted by atomic mass is 10.2. The standard InChI is InChI=1S/C8H14O3/c1-7(2)6-11-8(9)4-5-10-3/h4-5,7H,6H2,1-3H3.